The molecule has 36 heavy (non-hydrogen) atoms. The third-order valence-corrected chi connectivity index (χ3v) is 8.70. The highest BCUT2D eigenvalue weighted by molar-refractivity contribution is 7.14. The number of fused-ring (bicyclic) bond motifs is 1. The lowest BCUT2D eigenvalue weighted by atomic mass is 9.87. The first-order valence-corrected chi connectivity index (χ1v) is 13.8. The summed E-state index contributed by atoms with van der Waals surface area (Å²) in [4.78, 5) is 19.6. The van der Waals surface area contributed by atoms with Gasteiger partial charge in [0.15, 0.2) is 0 Å². The van der Waals surface area contributed by atoms with Gasteiger partial charge in [0.25, 0.3) is 5.91 Å². The third kappa shape index (κ3) is 6.09. The second kappa shape index (κ2) is 11.3. The Kier molecular flexibility index (Phi) is 7.91. The standard InChI is InChI=1S/C29H37N3O3S/c1-20-3-6-22-9-11-32(17-23(22)13-20)19-25(33)15-30-29(34)28-14-24-18-31(12-10-27(24)36-28)16-21-4-7-26(35-2)8-5-21/h3-8,14,20,25,33H,9-13,15-19H2,1-2H3,(H,30,34). The SMILES string of the molecule is COc1ccc(CN2CCc3sc(C(=O)NCC(O)CN4CCC5=C(CC(C)C=C5)C4)cc3C2)cc1. The largest absolute Gasteiger partial charge is 0.497 e. The number of amides is 1. The van der Waals surface area contributed by atoms with Gasteiger partial charge in [-0.05, 0) is 60.1 Å². The third-order valence-electron chi connectivity index (χ3n) is 7.46. The summed E-state index contributed by atoms with van der Waals surface area (Å²) in [5, 5.41) is 13.6. The van der Waals surface area contributed by atoms with Crippen molar-refractivity contribution < 1.29 is 14.6 Å². The van der Waals surface area contributed by atoms with E-state index >= 15 is 0 Å². The first kappa shape index (κ1) is 25.2. The van der Waals surface area contributed by atoms with Crippen LogP contribution < -0.4 is 10.1 Å². The maximum atomic E-state index is 12.9. The number of nitrogens with one attached hydrogen (secondary N) is 1. The van der Waals surface area contributed by atoms with Gasteiger partial charge < -0.3 is 15.2 Å². The molecule has 0 fully saturated rings. The summed E-state index contributed by atoms with van der Waals surface area (Å²) >= 11 is 1.60. The van der Waals surface area contributed by atoms with Crippen LogP contribution in [-0.2, 0) is 19.5 Å². The van der Waals surface area contributed by atoms with Gasteiger partial charge in [0.2, 0.25) is 0 Å². The van der Waals surface area contributed by atoms with Gasteiger partial charge in [0.05, 0.1) is 18.1 Å². The Balaban J connectivity index is 1.09. The van der Waals surface area contributed by atoms with Gasteiger partial charge >= 0.3 is 0 Å². The van der Waals surface area contributed by atoms with Crippen LogP contribution in [0.3, 0.4) is 0 Å². The number of hydrogen-bond acceptors (Lipinski definition) is 6. The maximum Gasteiger partial charge on any atom is 0.261 e. The van der Waals surface area contributed by atoms with E-state index in [0.29, 0.717) is 12.5 Å². The van der Waals surface area contributed by atoms with E-state index in [1.807, 2.05) is 18.2 Å². The highest BCUT2D eigenvalue weighted by atomic mass is 32.1. The van der Waals surface area contributed by atoms with Crippen molar-refractivity contribution in [2.24, 2.45) is 5.92 Å². The van der Waals surface area contributed by atoms with Crippen LogP contribution in [0.15, 0.2) is 53.6 Å². The van der Waals surface area contributed by atoms with Crippen molar-refractivity contribution >= 4 is 17.2 Å². The Morgan fingerprint density at radius 2 is 2.00 bits per heavy atom. The normalized spacial score (nSPS) is 21.1. The molecule has 5 rings (SSSR count). The number of aliphatic hydroxyl groups is 1. The number of β-amino-alcohol motifs (C(OH)–C–C–N with tert-alkyl or cyclic N) is 1. The van der Waals surface area contributed by atoms with E-state index < -0.39 is 6.10 Å². The number of carbonyl (C=O) groups is 1. The molecule has 2 N–H and O–H groups in total. The minimum absolute atomic E-state index is 0.0787. The Morgan fingerprint density at radius 1 is 1.19 bits per heavy atom. The summed E-state index contributed by atoms with van der Waals surface area (Å²) in [5.74, 6) is 1.39. The molecule has 1 aromatic heterocycles. The summed E-state index contributed by atoms with van der Waals surface area (Å²) < 4.78 is 5.25. The number of methoxy groups -OCH3 is 1. The van der Waals surface area contributed by atoms with Crippen molar-refractivity contribution in [2.45, 2.75) is 45.4 Å². The van der Waals surface area contributed by atoms with E-state index in [9.17, 15) is 9.90 Å². The maximum absolute atomic E-state index is 12.9. The van der Waals surface area contributed by atoms with Crippen molar-refractivity contribution in [3.8, 4) is 5.75 Å². The number of ether oxygens (including phenoxy) is 1. The van der Waals surface area contributed by atoms with Crippen molar-refractivity contribution in [2.75, 3.05) is 39.8 Å². The summed E-state index contributed by atoms with van der Waals surface area (Å²) in [6, 6.07) is 10.3. The van der Waals surface area contributed by atoms with E-state index in [-0.39, 0.29) is 12.5 Å². The van der Waals surface area contributed by atoms with Crippen LogP contribution >= 0.6 is 11.3 Å². The number of rotatable bonds is 8. The van der Waals surface area contributed by atoms with Gasteiger partial charge in [0.1, 0.15) is 5.75 Å². The highest BCUT2D eigenvalue weighted by Gasteiger charge is 2.24. The molecule has 0 radical (unpaired) electrons. The van der Waals surface area contributed by atoms with Crippen LogP contribution in [0.1, 0.15) is 45.4 Å². The zero-order valence-corrected chi connectivity index (χ0v) is 22.2. The second-order valence-electron chi connectivity index (χ2n) is 10.4. The molecular weight excluding hydrogens is 470 g/mol. The van der Waals surface area contributed by atoms with E-state index in [4.69, 9.17) is 4.74 Å². The van der Waals surface area contributed by atoms with Crippen molar-refractivity contribution in [3.05, 3.63) is 74.5 Å². The number of allylic oxidation sites excluding steroid dienone is 2. The zero-order chi connectivity index (χ0) is 25.1. The monoisotopic (exact) mass is 507 g/mol. The molecule has 2 aromatic rings. The van der Waals surface area contributed by atoms with E-state index in [1.165, 1.54) is 27.2 Å². The van der Waals surface area contributed by atoms with Gasteiger partial charge in [-0.3, -0.25) is 14.6 Å². The Bertz CT molecular complexity index is 1140. The van der Waals surface area contributed by atoms with Crippen molar-refractivity contribution in [1.82, 2.24) is 15.1 Å². The number of hydrogen-bond donors (Lipinski definition) is 2. The molecule has 1 amide bonds. The van der Waals surface area contributed by atoms with Gasteiger partial charge in [-0.1, -0.05) is 36.8 Å². The molecule has 0 spiro atoms. The zero-order valence-electron chi connectivity index (χ0n) is 21.3. The summed E-state index contributed by atoms with van der Waals surface area (Å²) in [7, 11) is 1.68. The topological polar surface area (TPSA) is 65.0 Å². The number of nitrogens with zero attached hydrogens (tertiary/aromatic N) is 2. The minimum atomic E-state index is -0.567. The quantitative estimate of drug-likeness (QED) is 0.566. The van der Waals surface area contributed by atoms with E-state index in [1.54, 1.807) is 18.4 Å². The Hall–Kier alpha value is -2.45. The molecule has 2 unspecified atom stereocenters. The molecular formula is C29H37N3O3S. The fraction of sp³-hybridized carbons (Fsp3) is 0.483. The van der Waals surface area contributed by atoms with Crippen molar-refractivity contribution in [1.29, 1.82) is 0 Å². The molecule has 3 heterocycles. The molecule has 7 heteroatoms. The molecule has 0 saturated heterocycles. The van der Waals surface area contributed by atoms with E-state index in [2.05, 4.69) is 46.3 Å². The lowest BCUT2D eigenvalue weighted by Crippen LogP contribution is -2.42. The highest BCUT2D eigenvalue weighted by Crippen LogP contribution is 2.30. The summed E-state index contributed by atoms with van der Waals surface area (Å²) in [5.41, 5.74) is 5.50. The fourth-order valence-electron chi connectivity index (χ4n) is 5.48. The number of carbonyl (C=O) groups excluding carboxylic acids is 1. The second-order valence-corrected chi connectivity index (χ2v) is 11.5. The molecule has 3 aliphatic rings. The molecule has 6 nitrogen and oxygen atoms in total. The fourth-order valence-corrected chi connectivity index (χ4v) is 6.56. The number of benzene rings is 1. The summed E-state index contributed by atoms with van der Waals surface area (Å²) in [6.45, 7) is 7.75. The van der Waals surface area contributed by atoms with Crippen LogP contribution in [-0.4, -0.2) is 66.8 Å². The average molecular weight is 508 g/mol. The van der Waals surface area contributed by atoms with Crippen LogP contribution in [0.5, 0.6) is 5.75 Å². The van der Waals surface area contributed by atoms with Crippen LogP contribution in [0.25, 0.3) is 0 Å². The predicted molar refractivity (Wildman–Crippen MR) is 144 cm³/mol. The molecule has 2 atom stereocenters. The predicted octanol–water partition coefficient (Wildman–Crippen LogP) is 4.00. The molecule has 1 aliphatic carbocycles. The van der Waals surface area contributed by atoms with Gasteiger partial charge in [-0.15, -0.1) is 11.3 Å². The minimum Gasteiger partial charge on any atom is -0.497 e. The molecule has 0 bridgehead atoms. The number of thiophene rings is 1. The Morgan fingerprint density at radius 3 is 2.81 bits per heavy atom. The van der Waals surface area contributed by atoms with Gasteiger partial charge in [-0.2, -0.15) is 0 Å². The van der Waals surface area contributed by atoms with E-state index in [0.717, 1.165) is 62.6 Å². The van der Waals surface area contributed by atoms with Gasteiger partial charge in [0, 0.05) is 50.7 Å². The lowest BCUT2D eigenvalue weighted by Gasteiger charge is -2.34. The van der Waals surface area contributed by atoms with Crippen LogP contribution in [0, 0.1) is 5.92 Å². The average Bonchev–Trinajstić information content (AvgIpc) is 3.31. The van der Waals surface area contributed by atoms with Crippen molar-refractivity contribution in [3.63, 3.8) is 0 Å². The first-order chi connectivity index (χ1) is 17.5. The molecule has 2 aliphatic heterocycles. The van der Waals surface area contributed by atoms with Crippen LogP contribution in [0.2, 0.25) is 0 Å². The first-order valence-electron chi connectivity index (χ1n) is 13.0. The Labute approximate surface area is 218 Å². The molecule has 1 aromatic carbocycles. The van der Waals surface area contributed by atoms with Crippen LogP contribution in [0.4, 0.5) is 0 Å². The van der Waals surface area contributed by atoms with Gasteiger partial charge in [-0.25, -0.2) is 0 Å². The smallest absolute Gasteiger partial charge is 0.261 e. The number of aliphatic hydroxyl groups excluding tert-OH is 1. The summed E-state index contributed by atoms with van der Waals surface area (Å²) in [6.07, 6.45) is 7.16. The molecule has 192 valence electrons. The molecule has 0 saturated carbocycles. The lowest BCUT2D eigenvalue weighted by molar-refractivity contribution is 0.0866.